The van der Waals surface area contributed by atoms with Crippen LogP contribution in [0, 0.1) is 0 Å². The highest BCUT2D eigenvalue weighted by atomic mass is 16.2. The molecule has 2 rings (SSSR count). The Labute approximate surface area is 125 Å². The summed E-state index contributed by atoms with van der Waals surface area (Å²) in [4.78, 5) is 17.5. The normalized spacial score (nSPS) is 11.8. The summed E-state index contributed by atoms with van der Waals surface area (Å²) in [5.74, 6) is 0.308. The van der Waals surface area contributed by atoms with Crippen LogP contribution in [0.3, 0.4) is 0 Å². The highest BCUT2D eigenvalue weighted by molar-refractivity contribution is 5.92. The van der Waals surface area contributed by atoms with Crippen LogP contribution in [0.5, 0.6) is 0 Å². The van der Waals surface area contributed by atoms with Crippen LogP contribution in [-0.4, -0.2) is 36.4 Å². The van der Waals surface area contributed by atoms with Gasteiger partial charge in [-0.15, -0.1) is 0 Å². The third-order valence-electron chi connectivity index (χ3n) is 3.37. The first-order chi connectivity index (χ1) is 10.1. The molecule has 110 valence electrons. The predicted molar refractivity (Wildman–Crippen MR) is 85.6 cm³/mol. The standard InChI is InChI=1S/C17H21N3O/c1-13(14-7-5-4-6-8-14)12-19-15-9-10-18-16(11-15)17(21)20(2)3/h4-11,13H,12H2,1-3H3,(H,18,19). The van der Waals surface area contributed by atoms with Crippen LogP contribution in [0.4, 0.5) is 5.69 Å². The molecule has 1 N–H and O–H groups in total. The van der Waals surface area contributed by atoms with Crippen LogP contribution in [0.1, 0.15) is 28.9 Å². The number of amides is 1. The van der Waals surface area contributed by atoms with Gasteiger partial charge >= 0.3 is 0 Å². The Balaban J connectivity index is 2.01. The fourth-order valence-corrected chi connectivity index (χ4v) is 2.06. The Morgan fingerprint density at radius 1 is 1.24 bits per heavy atom. The lowest BCUT2D eigenvalue weighted by Crippen LogP contribution is -2.22. The molecule has 0 radical (unpaired) electrons. The lowest BCUT2D eigenvalue weighted by atomic mass is 10.0. The van der Waals surface area contributed by atoms with Gasteiger partial charge < -0.3 is 10.2 Å². The summed E-state index contributed by atoms with van der Waals surface area (Å²) in [6, 6.07) is 14.0. The second kappa shape index (κ2) is 6.88. The summed E-state index contributed by atoms with van der Waals surface area (Å²) in [7, 11) is 3.45. The minimum absolute atomic E-state index is 0.0882. The Hall–Kier alpha value is -2.36. The molecule has 0 aliphatic rings. The van der Waals surface area contributed by atoms with Gasteiger partial charge in [-0.05, 0) is 23.6 Å². The third-order valence-corrected chi connectivity index (χ3v) is 3.37. The van der Waals surface area contributed by atoms with Crippen molar-refractivity contribution >= 4 is 11.6 Å². The van der Waals surface area contributed by atoms with E-state index in [-0.39, 0.29) is 5.91 Å². The van der Waals surface area contributed by atoms with E-state index in [1.165, 1.54) is 10.5 Å². The Morgan fingerprint density at radius 2 is 1.95 bits per heavy atom. The first kappa shape index (κ1) is 15.0. The van der Waals surface area contributed by atoms with Crippen molar-refractivity contribution in [3.63, 3.8) is 0 Å². The van der Waals surface area contributed by atoms with Crippen molar-refractivity contribution < 1.29 is 4.79 Å². The van der Waals surface area contributed by atoms with Gasteiger partial charge in [0.25, 0.3) is 5.91 Å². The summed E-state index contributed by atoms with van der Waals surface area (Å²) in [6.45, 7) is 2.99. The molecule has 1 atom stereocenters. The maximum absolute atomic E-state index is 11.9. The number of rotatable bonds is 5. The third kappa shape index (κ3) is 4.05. The summed E-state index contributed by atoms with van der Waals surface area (Å²) in [5.41, 5.74) is 2.67. The lowest BCUT2D eigenvalue weighted by molar-refractivity contribution is 0.0822. The van der Waals surface area contributed by atoms with Crippen molar-refractivity contribution in [3.05, 3.63) is 59.9 Å². The maximum Gasteiger partial charge on any atom is 0.272 e. The molecular formula is C17H21N3O. The highest BCUT2D eigenvalue weighted by Gasteiger charge is 2.10. The van der Waals surface area contributed by atoms with Crippen molar-refractivity contribution in [2.45, 2.75) is 12.8 Å². The molecule has 0 saturated carbocycles. The fourth-order valence-electron chi connectivity index (χ4n) is 2.06. The second-order valence-corrected chi connectivity index (χ2v) is 5.32. The van der Waals surface area contributed by atoms with Crippen LogP contribution in [0.25, 0.3) is 0 Å². The molecule has 0 saturated heterocycles. The molecule has 1 aromatic carbocycles. The molecule has 0 bridgehead atoms. The zero-order valence-electron chi connectivity index (χ0n) is 12.7. The highest BCUT2D eigenvalue weighted by Crippen LogP contribution is 2.16. The summed E-state index contributed by atoms with van der Waals surface area (Å²) < 4.78 is 0. The monoisotopic (exact) mass is 283 g/mol. The number of benzene rings is 1. The van der Waals surface area contributed by atoms with Crippen molar-refractivity contribution in [3.8, 4) is 0 Å². The van der Waals surface area contributed by atoms with E-state index in [9.17, 15) is 4.79 Å². The van der Waals surface area contributed by atoms with E-state index >= 15 is 0 Å². The van der Waals surface area contributed by atoms with Crippen molar-refractivity contribution in [1.82, 2.24) is 9.88 Å². The zero-order valence-corrected chi connectivity index (χ0v) is 12.7. The first-order valence-corrected chi connectivity index (χ1v) is 7.04. The van der Waals surface area contributed by atoms with Crippen LogP contribution in [0.15, 0.2) is 48.7 Å². The van der Waals surface area contributed by atoms with Gasteiger partial charge in [0, 0.05) is 32.5 Å². The lowest BCUT2D eigenvalue weighted by Gasteiger charge is -2.15. The molecule has 1 aromatic heterocycles. The fraction of sp³-hybridized carbons (Fsp3) is 0.294. The van der Waals surface area contributed by atoms with Crippen molar-refractivity contribution in [2.24, 2.45) is 0 Å². The Kier molecular flexibility index (Phi) is 4.93. The molecule has 4 heteroatoms. The molecule has 0 aliphatic carbocycles. The quantitative estimate of drug-likeness (QED) is 0.917. The van der Waals surface area contributed by atoms with Crippen LogP contribution >= 0.6 is 0 Å². The number of carbonyl (C=O) groups is 1. The molecule has 1 amide bonds. The predicted octanol–water partition coefficient (Wildman–Crippen LogP) is 3.00. The van der Waals surface area contributed by atoms with Gasteiger partial charge in [0.1, 0.15) is 5.69 Å². The van der Waals surface area contributed by atoms with Crippen molar-refractivity contribution in [1.29, 1.82) is 0 Å². The number of pyridine rings is 1. The van der Waals surface area contributed by atoms with E-state index in [4.69, 9.17) is 0 Å². The average molecular weight is 283 g/mol. The number of aromatic nitrogens is 1. The topological polar surface area (TPSA) is 45.2 Å². The van der Waals surface area contributed by atoms with Gasteiger partial charge in [-0.1, -0.05) is 37.3 Å². The minimum Gasteiger partial charge on any atom is -0.384 e. The molecular weight excluding hydrogens is 262 g/mol. The summed E-state index contributed by atoms with van der Waals surface area (Å²) in [6.07, 6.45) is 1.66. The maximum atomic E-state index is 11.9. The van der Waals surface area contributed by atoms with Crippen LogP contribution < -0.4 is 5.32 Å². The number of nitrogens with one attached hydrogen (secondary N) is 1. The molecule has 4 nitrogen and oxygen atoms in total. The Bertz CT molecular complexity index is 596. The van der Waals surface area contributed by atoms with Gasteiger partial charge in [0.05, 0.1) is 0 Å². The van der Waals surface area contributed by atoms with Crippen LogP contribution in [0.2, 0.25) is 0 Å². The van der Waals surface area contributed by atoms with Crippen LogP contribution in [-0.2, 0) is 0 Å². The van der Waals surface area contributed by atoms with E-state index in [1.54, 1.807) is 26.4 Å². The molecule has 1 heterocycles. The van der Waals surface area contributed by atoms with E-state index in [0.717, 1.165) is 12.2 Å². The Morgan fingerprint density at radius 3 is 2.62 bits per heavy atom. The SMILES string of the molecule is CC(CNc1ccnc(C(=O)N(C)C)c1)c1ccccc1. The first-order valence-electron chi connectivity index (χ1n) is 7.04. The van der Waals surface area contributed by atoms with E-state index in [1.807, 2.05) is 24.3 Å². The van der Waals surface area contributed by atoms with Gasteiger partial charge in [-0.2, -0.15) is 0 Å². The van der Waals surface area contributed by atoms with E-state index in [0.29, 0.717) is 11.6 Å². The number of hydrogen-bond donors (Lipinski definition) is 1. The smallest absolute Gasteiger partial charge is 0.272 e. The molecule has 21 heavy (non-hydrogen) atoms. The summed E-state index contributed by atoms with van der Waals surface area (Å²) >= 11 is 0. The number of anilines is 1. The van der Waals surface area contributed by atoms with Crippen molar-refractivity contribution in [2.75, 3.05) is 26.0 Å². The average Bonchev–Trinajstić information content (AvgIpc) is 2.53. The summed E-state index contributed by atoms with van der Waals surface area (Å²) in [5, 5.41) is 3.37. The second-order valence-electron chi connectivity index (χ2n) is 5.32. The van der Waals surface area contributed by atoms with Gasteiger partial charge in [0.15, 0.2) is 0 Å². The van der Waals surface area contributed by atoms with Gasteiger partial charge in [-0.3, -0.25) is 9.78 Å². The largest absolute Gasteiger partial charge is 0.384 e. The molecule has 0 fully saturated rings. The van der Waals surface area contributed by atoms with E-state index < -0.39 is 0 Å². The number of hydrogen-bond acceptors (Lipinski definition) is 3. The minimum atomic E-state index is -0.0882. The van der Waals surface area contributed by atoms with E-state index in [2.05, 4.69) is 29.4 Å². The van der Waals surface area contributed by atoms with Gasteiger partial charge in [0.2, 0.25) is 0 Å². The molecule has 0 aliphatic heterocycles. The number of carbonyl (C=O) groups excluding carboxylic acids is 1. The molecule has 1 unspecified atom stereocenters. The molecule has 2 aromatic rings. The zero-order chi connectivity index (χ0) is 15.2. The number of nitrogens with zero attached hydrogens (tertiary/aromatic N) is 2. The van der Waals surface area contributed by atoms with Gasteiger partial charge in [-0.25, -0.2) is 0 Å². The molecule has 0 spiro atoms.